The molecule has 9 rings (SSSR count). The fourth-order valence-corrected chi connectivity index (χ4v) is 8.87. The molecule has 14 heteroatoms. The summed E-state index contributed by atoms with van der Waals surface area (Å²) < 4.78 is 47.7. The molecule has 0 saturated heterocycles. The van der Waals surface area contributed by atoms with Crippen molar-refractivity contribution in [1.82, 2.24) is 0 Å². The summed E-state index contributed by atoms with van der Waals surface area (Å²) in [5, 5.41) is 23.0. The van der Waals surface area contributed by atoms with Crippen LogP contribution < -0.4 is 37.6 Å². The van der Waals surface area contributed by atoms with Crippen molar-refractivity contribution in [1.29, 1.82) is 0 Å². The van der Waals surface area contributed by atoms with Gasteiger partial charge in [0.15, 0.2) is 48.5 Å². The summed E-state index contributed by atoms with van der Waals surface area (Å²) in [5.41, 5.74) is 9.32. The highest BCUT2D eigenvalue weighted by molar-refractivity contribution is 5.98. The van der Waals surface area contributed by atoms with E-state index >= 15 is 0 Å². The van der Waals surface area contributed by atoms with Gasteiger partial charge in [-0.05, 0) is 35.4 Å². The molecule has 0 saturated carbocycles. The van der Waals surface area contributed by atoms with Crippen LogP contribution in [0.15, 0.2) is 60.9 Å². The van der Waals surface area contributed by atoms with Gasteiger partial charge in [-0.25, -0.2) is 0 Å². The maximum absolute atomic E-state index is 12.4. The minimum absolute atomic E-state index is 0.110. The number of aliphatic hydroxyl groups excluding tert-OH is 2. The van der Waals surface area contributed by atoms with E-state index in [2.05, 4.69) is 9.13 Å². The molecule has 0 aliphatic carbocycles. The number of fused-ring (bicyclic) bond motifs is 9. The van der Waals surface area contributed by atoms with Gasteiger partial charge in [-0.2, -0.15) is 9.13 Å². The summed E-state index contributed by atoms with van der Waals surface area (Å²) >= 11 is 0. The van der Waals surface area contributed by atoms with Crippen molar-refractivity contribution in [2.45, 2.75) is 52.0 Å². The summed E-state index contributed by atoms with van der Waals surface area (Å²) in [7, 11) is 9.19. The molecule has 0 bridgehead atoms. The molecule has 4 aromatic carbocycles. The molecule has 0 spiro atoms. The Bertz CT molecular complexity index is 2730. The number of aromatic nitrogens is 2. The van der Waals surface area contributed by atoms with Gasteiger partial charge < -0.3 is 48.1 Å². The van der Waals surface area contributed by atoms with Crippen molar-refractivity contribution < 1.29 is 66.8 Å². The molecule has 6 aromatic rings. The third kappa shape index (κ3) is 7.25. The van der Waals surface area contributed by atoms with E-state index in [1.807, 2.05) is 60.9 Å². The van der Waals surface area contributed by atoms with Gasteiger partial charge in [0.1, 0.15) is 11.5 Å². The molecule has 0 atom stereocenters. The van der Waals surface area contributed by atoms with Crippen LogP contribution >= 0.6 is 0 Å². The van der Waals surface area contributed by atoms with Crippen molar-refractivity contribution in [2.24, 2.45) is 0 Å². The Kier molecular flexibility index (Phi) is 11.6. The molecule has 2 aromatic heterocycles. The molecule has 0 amide bonds. The third-order valence-corrected chi connectivity index (χ3v) is 11.7. The topological polar surface area (TPSA) is 156 Å². The summed E-state index contributed by atoms with van der Waals surface area (Å²) in [6.07, 6.45) is 5.94. The molecule has 5 heterocycles. The zero-order chi connectivity index (χ0) is 42.9. The zero-order valence-electron chi connectivity index (χ0n) is 35.0. The van der Waals surface area contributed by atoms with Crippen LogP contribution in [0.1, 0.15) is 33.4 Å². The molecule has 0 radical (unpaired) electrons. The predicted octanol–water partition coefficient (Wildman–Crippen LogP) is 4.88. The fraction of sp³-hybridized carbons (Fsp3) is 0.319. The molecule has 316 valence electrons. The maximum Gasteiger partial charge on any atom is 0.310 e. The van der Waals surface area contributed by atoms with Crippen LogP contribution in [0.25, 0.3) is 44.1 Å². The number of rotatable bonds is 10. The second-order valence-corrected chi connectivity index (χ2v) is 14.8. The predicted molar refractivity (Wildman–Crippen MR) is 222 cm³/mol. The lowest BCUT2D eigenvalue weighted by molar-refractivity contribution is -0.686. The average Bonchev–Trinajstić information content (AvgIpc) is 3.76. The van der Waals surface area contributed by atoms with Crippen LogP contribution in [0.3, 0.4) is 0 Å². The van der Waals surface area contributed by atoms with Crippen molar-refractivity contribution >= 4 is 33.5 Å². The number of hydrogen-bond donors (Lipinski definition) is 2. The molecular weight excluding hydrogens is 785 g/mol. The Hall–Kier alpha value is -6.64. The van der Waals surface area contributed by atoms with Gasteiger partial charge in [0.05, 0.1) is 90.6 Å². The van der Waals surface area contributed by atoms with Gasteiger partial charge in [0.25, 0.3) is 0 Å². The van der Waals surface area contributed by atoms with Gasteiger partial charge in [0, 0.05) is 45.9 Å². The zero-order valence-corrected chi connectivity index (χ0v) is 35.0. The van der Waals surface area contributed by atoms with Crippen LogP contribution in [0, 0.1) is 0 Å². The Morgan fingerprint density at radius 2 is 1.05 bits per heavy atom. The molecular formula is C47H48N2O12+2. The number of esters is 2. The highest BCUT2D eigenvalue weighted by atomic mass is 16.7. The second kappa shape index (κ2) is 17.1. The van der Waals surface area contributed by atoms with Crippen LogP contribution in [0.5, 0.6) is 34.5 Å². The smallest absolute Gasteiger partial charge is 0.310 e. The number of carbonyl (C=O) groups excluding carboxylic acids is 2. The normalized spacial score (nSPS) is 12.9. The van der Waals surface area contributed by atoms with Crippen LogP contribution in [0.4, 0.5) is 0 Å². The Morgan fingerprint density at radius 3 is 1.51 bits per heavy atom. The van der Waals surface area contributed by atoms with E-state index in [-0.39, 0.29) is 44.8 Å². The number of aryl methyl sites for hydroxylation is 4. The van der Waals surface area contributed by atoms with Crippen molar-refractivity contribution in [3.05, 3.63) is 94.3 Å². The standard InChI is InChI=1S/C24H26NO6.C23H22NO6/c1-28-20-9-14-7-8-25-12-19-16(6-5-15(13-26)24(19)31-4)18(11-22(27)30-3)23(25)17(14)10-21(20)29-2;1-27-21(26)9-17-15-4-3-14(11-25)23(28-2)18(15)10-24-6-5-13-7-19-20(30-12-29-19)8-16(13)22(17)24/h5-6,9-10,12,26H,7-8,11,13H2,1-4H3;3-4,7-8,10,25H,5-6,9,11-12H2,1-2H3/q2*+1. The highest BCUT2D eigenvalue weighted by Crippen LogP contribution is 2.44. The molecule has 0 unspecified atom stereocenters. The van der Waals surface area contributed by atoms with Gasteiger partial charge in [0.2, 0.25) is 18.2 Å². The van der Waals surface area contributed by atoms with E-state index in [9.17, 15) is 19.8 Å². The van der Waals surface area contributed by atoms with Gasteiger partial charge in [-0.15, -0.1) is 0 Å². The van der Waals surface area contributed by atoms with Gasteiger partial charge in [-0.3, -0.25) is 9.59 Å². The summed E-state index contributed by atoms with van der Waals surface area (Å²) in [6, 6.07) is 15.5. The van der Waals surface area contributed by atoms with E-state index in [0.717, 1.165) is 98.0 Å². The lowest BCUT2D eigenvalue weighted by Crippen LogP contribution is -2.41. The number of hydrogen-bond acceptors (Lipinski definition) is 12. The highest BCUT2D eigenvalue weighted by Gasteiger charge is 2.34. The largest absolute Gasteiger partial charge is 0.495 e. The first kappa shape index (κ1) is 41.1. The number of ether oxygens (including phenoxy) is 8. The first-order chi connectivity index (χ1) is 29.7. The molecule has 0 fully saturated rings. The molecule has 3 aliphatic heterocycles. The minimum atomic E-state index is -0.326. The number of nitrogens with zero attached hydrogens (tertiary/aromatic N) is 2. The van der Waals surface area contributed by atoms with Crippen LogP contribution in [0.2, 0.25) is 0 Å². The molecule has 3 aliphatic rings. The van der Waals surface area contributed by atoms with E-state index in [1.165, 1.54) is 14.2 Å². The van der Waals surface area contributed by atoms with E-state index in [0.29, 0.717) is 39.9 Å². The van der Waals surface area contributed by atoms with Crippen molar-refractivity contribution in [3.63, 3.8) is 0 Å². The van der Waals surface area contributed by atoms with E-state index in [1.54, 1.807) is 28.4 Å². The lowest BCUT2D eigenvalue weighted by Gasteiger charge is -2.21. The molecule has 2 N–H and O–H groups in total. The Morgan fingerprint density at radius 1 is 0.590 bits per heavy atom. The second-order valence-electron chi connectivity index (χ2n) is 14.8. The van der Waals surface area contributed by atoms with Gasteiger partial charge in [-0.1, -0.05) is 24.3 Å². The Labute approximate surface area is 352 Å². The van der Waals surface area contributed by atoms with Crippen molar-refractivity contribution in [2.75, 3.05) is 49.5 Å². The van der Waals surface area contributed by atoms with Crippen molar-refractivity contribution in [3.8, 4) is 57.0 Å². The third-order valence-electron chi connectivity index (χ3n) is 11.7. The summed E-state index contributed by atoms with van der Waals surface area (Å²) in [4.78, 5) is 24.7. The first-order valence-corrected chi connectivity index (χ1v) is 19.8. The summed E-state index contributed by atoms with van der Waals surface area (Å²) in [5.74, 6) is 3.36. The minimum Gasteiger partial charge on any atom is -0.495 e. The monoisotopic (exact) mass is 832 g/mol. The SMILES string of the molecule is COC(=O)Cc1c2[n+](cc3c(OC)c(CO)ccc13)CCc1cc(OC)c(OC)cc1-2.COC(=O)Cc1c2[n+](cc3c(OC)c(CO)ccc13)CCc1cc3c(cc1-2)OCO3. The Balaban J connectivity index is 0.000000168. The number of carbonyl (C=O) groups is 2. The molecule has 61 heavy (non-hydrogen) atoms. The average molecular weight is 833 g/mol. The summed E-state index contributed by atoms with van der Waals surface area (Å²) in [6.45, 7) is 1.44. The molecule has 14 nitrogen and oxygen atoms in total. The quantitative estimate of drug-likeness (QED) is 0.143. The number of methoxy groups -OCH3 is 6. The number of aliphatic hydroxyl groups is 2. The van der Waals surface area contributed by atoms with Crippen LogP contribution in [-0.4, -0.2) is 71.6 Å². The number of pyridine rings is 2. The maximum atomic E-state index is 12.4. The van der Waals surface area contributed by atoms with E-state index in [4.69, 9.17) is 37.9 Å². The van der Waals surface area contributed by atoms with Gasteiger partial charge >= 0.3 is 11.9 Å². The fourth-order valence-electron chi connectivity index (χ4n) is 8.87. The lowest BCUT2D eigenvalue weighted by atomic mass is 9.89. The van der Waals surface area contributed by atoms with Crippen LogP contribution in [-0.2, 0) is 71.0 Å². The number of benzene rings is 4. The first-order valence-electron chi connectivity index (χ1n) is 19.8. The van der Waals surface area contributed by atoms with E-state index < -0.39 is 0 Å².